The molecule has 0 saturated carbocycles. The van der Waals surface area contributed by atoms with Crippen LogP contribution in [0.4, 0.5) is 0 Å². The Morgan fingerprint density at radius 3 is 2.38 bits per heavy atom. The van der Waals surface area contributed by atoms with Gasteiger partial charge in [0.1, 0.15) is 0 Å². The summed E-state index contributed by atoms with van der Waals surface area (Å²) in [5.74, 6) is 0. The quantitative estimate of drug-likeness (QED) is 0.687. The molecule has 0 aliphatic carbocycles. The van der Waals surface area contributed by atoms with Crippen molar-refractivity contribution in [3.05, 3.63) is 29.8 Å². The molecule has 0 heterocycles. The summed E-state index contributed by atoms with van der Waals surface area (Å²) in [6.45, 7) is 5.95. The summed E-state index contributed by atoms with van der Waals surface area (Å²) >= 11 is 0. The minimum Gasteiger partial charge on any atom is -0.383 e. The molecular weight excluding hydrogens is 288 g/mol. The summed E-state index contributed by atoms with van der Waals surface area (Å²) in [6.07, 6.45) is 1.59. The molecule has 2 N–H and O–H groups in total. The predicted octanol–water partition coefficient (Wildman–Crippen LogP) is 1.54. The molecule has 120 valence electrons. The van der Waals surface area contributed by atoms with Crippen LogP contribution in [0.2, 0.25) is 0 Å². The largest absolute Gasteiger partial charge is 0.383 e. The molecule has 0 bridgehead atoms. The van der Waals surface area contributed by atoms with Gasteiger partial charge in [-0.15, -0.1) is 0 Å². The van der Waals surface area contributed by atoms with Crippen molar-refractivity contribution in [3.63, 3.8) is 0 Å². The lowest BCUT2D eigenvalue weighted by molar-refractivity contribution is 0.167. The molecule has 5 nitrogen and oxygen atoms in total. The number of sulfonamides is 1. The van der Waals surface area contributed by atoms with Crippen LogP contribution in [-0.2, 0) is 21.2 Å². The van der Waals surface area contributed by atoms with Crippen molar-refractivity contribution in [3.8, 4) is 0 Å². The summed E-state index contributed by atoms with van der Waals surface area (Å²) < 4.78 is 31.7. The van der Waals surface area contributed by atoms with E-state index in [1.165, 1.54) is 0 Å². The van der Waals surface area contributed by atoms with E-state index in [-0.39, 0.29) is 6.04 Å². The summed E-state index contributed by atoms with van der Waals surface area (Å²) in [5.41, 5.74) is 1.09. The highest BCUT2D eigenvalue weighted by Crippen LogP contribution is 2.12. The first kappa shape index (κ1) is 18.1. The number of hydrogen-bond donors (Lipinski definition) is 2. The monoisotopic (exact) mass is 314 g/mol. The summed E-state index contributed by atoms with van der Waals surface area (Å²) in [4.78, 5) is 0.312. The molecule has 0 saturated heterocycles. The van der Waals surface area contributed by atoms with Crippen LogP contribution in [0.5, 0.6) is 0 Å². The molecule has 6 heteroatoms. The molecule has 1 aromatic rings. The lowest BCUT2D eigenvalue weighted by Crippen LogP contribution is -2.35. The van der Waals surface area contributed by atoms with E-state index >= 15 is 0 Å². The minimum absolute atomic E-state index is 0.237. The molecule has 0 aliphatic rings. The zero-order valence-corrected chi connectivity index (χ0v) is 13.9. The van der Waals surface area contributed by atoms with E-state index in [0.717, 1.165) is 24.9 Å². The van der Waals surface area contributed by atoms with Crippen LogP contribution < -0.4 is 10.0 Å². The number of benzene rings is 1. The third-order valence-electron chi connectivity index (χ3n) is 3.12. The first-order valence-electron chi connectivity index (χ1n) is 7.34. The molecule has 0 aromatic heterocycles. The van der Waals surface area contributed by atoms with Gasteiger partial charge in [0, 0.05) is 19.7 Å². The Bertz CT molecular complexity index is 494. The van der Waals surface area contributed by atoms with Crippen molar-refractivity contribution in [2.24, 2.45) is 0 Å². The van der Waals surface area contributed by atoms with E-state index in [9.17, 15) is 8.42 Å². The molecule has 0 amide bonds. The van der Waals surface area contributed by atoms with E-state index in [0.29, 0.717) is 18.0 Å². The molecule has 1 unspecified atom stereocenters. The normalized spacial score (nSPS) is 13.3. The topological polar surface area (TPSA) is 67.4 Å². The first-order chi connectivity index (χ1) is 10.0. The predicted molar refractivity (Wildman–Crippen MR) is 85.0 cm³/mol. The van der Waals surface area contributed by atoms with Gasteiger partial charge < -0.3 is 10.1 Å². The number of nitrogens with one attached hydrogen (secondary N) is 2. The van der Waals surface area contributed by atoms with Crippen LogP contribution in [0, 0.1) is 0 Å². The maximum Gasteiger partial charge on any atom is 0.240 e. The maximum absolute atomic E-state index is 12.0. The van der Waals surface area contributed by atoms with E-state index in [1.807, 2.05) is 19.1 Å². The Labute approximate surface area is 128 Å². The van der Waals surface area contributed by atoms with Crippen LogP contribution in [0.1, 0.15) is 25.8 Å². The van der Waals surface area contributed by atoms with Gasteiger partial charge >= 0.3 is 0 Å². The van der Waals surface area contributed by atoms with E-state index in [4.69, 9.17) is 4.74 Å². The Balaban J connectivity index is 2.73. The van der Waals surface area contributed by atoms with Gasteiger partial charge in [0.25, 0.3) is 0 Å². The van der Waals surface area contributed by atoms with Crippen molar-refractivity contribution in [2.75, 3.05) is 26.8 Å². The van der Waals surface area contributed by atoms with Crippen LogP contribution in [0.3, 0.4) is 0 Å². The van der Waals surface area contributed by atoms with E-state index < -0.39 is 10.0 Å². The minimum atomic E-state index is -3.38. The third kappa shape index (κ3) is 6.13. The second-order valence-corrected chi connectivity index (χ2v) is 6.72. The first-order valence-corrected chi connectivity index (χ1v) is 8.82. The van der Waals surface area contributed by atoms with Gasteiger partial charge in [-0.05, 0) is 37.1 Å². The van der Waals surface area contributed by atoms with Gasteiger partial charge in [0.2, 0.25) is 10.0 Å². The maximum atomic E-state index is 12.0. The molecule has 1 aromatic carbocycles. The van der Waals surface area contributed by atoms with Crippen molar-refractivity contribution in [1.29, 1.82) is 0 Å². The van der Waals surface area contributed by atoms with E-state index in [1.54, 1.807) is 19.2 Å². The van der Waals surface area contributed by atoms with Crippen LogP contribution in [0.15, 0.2) is 29.2 Å². The Morgan fingerprint density at radius 2 is 1.86 bits per heavy atom. The summed E-state index contributed by atoms with van der Waals surface area (Å²) in [5, 5.41) is 3.35. The fraction of sp³-hybridized carbons (Fsp3) is 0.600. The highest BCUT2D eigenvalue weighted by molar-refractivity contribution is 7.89. The highest BCUT2D eigenvalue weighted by atomic mass is 32.2. The third-order valence-corrected chi connectivity index (χ3v) is 4.60. The van der Waals surface area contributed by atoms with Gasteiger partial charge in [0.05, 0.1) is 11.5 Å². The standard InChI is InChI=1S/C15H26N2O3S/c1-4-10-17-21(18,19)15-8-6-13(7-9-15)11-14(12-20-3)16-5-2/h6-9,14,16-17H,4-5,10-12H2,1-3H3. The second kappa shape index (κ2) is 9.15. The Morgan fingerprint density at radius 1 is 1.19 bits per heavy atom. The fourth-order valence-corrected chi connectivity index (χ4v) is 3.22. The van der Waals surface area contributed by atoms with E-state index in [2.05, 4.69) is 17.0 Å². The molecule has 0 aliphatic heterocycles. The van der Waals surface area contributed by atoms with Crippen LogP contribution >= 0.6 is 0 Å². The van der Waals surface area contributed by atoms with Gasteiger partial charge in [0.15, 0.2) is 0 Å². The van der Waals surface area contributed by atoms with Gasteiger partial charge in [-0.25, -0.2) is 13.1 Å². The van der Waals surface area contributed by atoms with Crippen molar-refractivity contribution < 1.29 is 13.2 Å². The Kier molecular flexibility index (Phi) is 7.88. The SMILES string of the molecule is CCCNS(=O)(=O)c1ccc(CC(COC)NCC)cc1. The highest BCUT2D eigenvalue weighted by Gasteiger charge is 2.13. The molecule has 0 fully saturated rings. The average molecular weight is 314 g/mol. The lowest BCUT2D eigenvalue weighted by Gasteiger charge is -2.17. The number of hydrogen-bond acceptors (Lipinski definition) is 4. The van der Waals surface area contributed by atoms with Crippen molar-refractivity contribution >= 4 is 10.0 Å². The number of methoxy groups -OCH3 is 1. The van der Waals surface area contributed by atoms with Crippen LogP contribution in [-0.4, -0.2) is 41.3 Å². The molecular formula is C15H26N2O3S. The summed E-state index contributed by atoms with van der Waals surface area (Å²) in [6, 6.07) is 7.27. The van der Waals surface area contributed by atoms with Crippen molar-refractivity contribution in [2.45, 2.75) is 37.6 Å². The van der Waals surface area contributed by atoms with Gasteiger partial charge in [-0.2, -0.15) is 0 Å². The number of ether oxygens (including phenoxy) is 1. The zero-order chi connectivity index (χ0) is 15.7. The fourth-order valence-electron chi connectivity index (χ4n) is 2.09. The molecule has 1 atom stereocenters. The molecule has 0 spiro atoms. The lowest BCUT2D eigenvalue weighted by atomic mass is 10.1. The van der Waals surface area contributed by atoms with Gasteiger partial charge in [-0.3, -0.25) is 0 Å². The Hall–Kier alpha value is -0.950. The number of rotatable bonds is 10. The smallest absolute Gasteiger partial charge is 0.240 e. The molecule has 0 radical (unpaired) electrons. The second-order valence-electron chi connectivity index (χ2n) is 4.96. The molecule has 21 heavy (non-hydrogen) atoms. The number of likely N-dealkylation sites (N-methyl/N-ethyl adjacent to an activating group) is 1. The molecule has 1 rings (SSSR count). The van der Waals surface area contributed by atoms with Gasteiger partial charge in [-0.1, -0.05) is 26.0 Å². The van der Waals surface area contributed by atoms with Crippen LogP contribution in [0.25, 0.3) is 0 Å². The average Bonchev–Trinajstić information content (AvgIpc) is 2.46. The summed E-state index contributed by atoms with van der Waals surface area (Å²) in [7, 11) is -1.70. The zero-order valence-electron chi connectivity index (χ0n) is 13.1. The van der Waals surface area contributed by atoms with Crippen molar-refractivity contribution in [1.82, 2.24) is 10.0 Å².